The molecule has 0 saturated carbocycles. The number of unbranched alkanes of at least 4 members (excludes halogenated alkanes) is 7. The number of ether oxygens (including phenoxy) is 3. The molecule has 1 unspecified atom stereocenters. The van der Waals surface area contributed by atoms with E-state index in [1.807, 2.05) is 43.3 Å². The Morgan fingerprint density at radius 2 is 1.30 bits per heavy atom. The monoisotopic (exact) mass is 454 g/mol. The highest BCUT2D eigenvalue weighted by molar-refractivity contribution is 5.90. The maximum absolute atomic E-state index is 12.4. The minimum atomic E-state index is -0.317. The van der Waals surface area contributed by atoms with Crippen molar-refractivity contribution in [2.75, 3.05) is 19.8 Å². The fourth-order valence-electron chi connectivity index (χ4n) is 3.57. The van der Waals surface area contributed by atoms with Crippen molar-refractivity contribution >= 4 is 5.97 Å². The van der Waals surface area contributed by atoms with Gasteiger partial charge in [-0.15, -0.1) is 0 Å². The predicted octanol–water partition coefficient (Wildman–Crippen LogP) is 7.85. The smallest absolute Gasteiger partial charge is 0.338 e. The molecule has 0 aromatic heterocycles. The van der Waals surface area contributed by atoms with Gasteiger partial charge in [0.25, 0.3) is 0 Å². The molecule has 0 bridgehead atoms. The molecule has 2 aromatic carbocycles. The van der Waals surface area contributed by atoms with Crippen molar-refractivity contribution in [3.8, 4) is 16.9 Å². The normalized spacial score (nSPS) is 11.8. The maximum Gasteiger partial charge on any atom is 0.338 e. The summed E-state index contributed by atoms with van der Waals surface area (Å²) in [6.07, 6.45) is 10.8. The molecule has 0 amide bonds. The molecule has 0 radical (unpaired) electrons. The number of benzene rings is 2. The molecule has 1 atom stereocenters. The van der Waals surface area contributed by atoms with E-state index in [4.69, 9.17) is 14.2 Å². The first-order valence-corrected chi connectivity index (χ1v) is 12.8. The third-order valence-corrected chi connectivity index (χ3v) is 5.63. The summed E-state index contributed by atoms with van der Waals surface area (Å²) in [6.45, 7) is 8.13. The minimum absolute atomic E-state index is 0.261. The SMILES string of the molecule is CCCCCCCCCOc1ccc(-c2ccc(C(=O)OC(C)COCCCC)cc2)cc1. The molecule has 33 heavy (non-hydrogen) atoms. The average molecular weight is 455 g/mol. The zero-order valence-electron chi connectivity index (χ0n) is 20.8. The van der Waals surface area contributed by atoms with E-state index >= 15 is 0 Å². The van der Waals surface area contributed by atoms with Gasteiger partial charge in [-0.3, -0.25) is 0 Å². The fraction of sp³-hybridized carbons (Fsp3) is 0.552. The molecule has 0 fully saturated rings. The van der Waals surface area contributed by atoms with Crippen LogP contribution in [0.25, 0.3) is 11.1 Å². The molecule has 182 valence electrons. The maximum atomic E-state index is 12.4. The van der Waals surface area contributed by atoms with Gasteiger partial charge in [-0.05, 0) is 55.2 Å². The molecule has 4 nitrogen and oxygen atoms in total. The standard InChI is InChI=1S/C29H42O4/c1-4-6-8-9-10-11-12-22-32-28-19-17-26(18-20-28)25-13-15-27(16-14-25)29(30)33-24(3)23-31-21-7-5-2/h13-20,24H,4-12,21-23H2,1-3H3. The Morgan fingerprint density at radius 1 is 0.727 bits per heavy atom. The van der Waals surface area contributed by atoms with E-state index in [0.29, 0.717) is 18.8 Å². The summed E-state index contributed by atoms with van der Waals surface area (Å²) in [5.74, 6) is 0.585. The quantitative estimate of drug-likeness (QED) is 0.180. The van der Waals surface area contributed by atoms with Gasteiger partial charge in [0.2, 0.25) is 0 Å². The van der Waals surface area contributed by atoms with Crippen LogP contribution in [0.1, 0.15) is 88.9 Å². The van der Waals surface area contributed by atoms with Crippen LogP contribution in [0.5, 0.6) is 5.75 Å². The lowest BCUT2D eigenvalue weighted by Crippen LogP contribution is -2.20. The lowest BCUT2D eigenvalue weighted by molar-refractivity contribution is 0.00169. The van der Waals surface area contributed by atoms with Gasteiger partial charge in [-0.25, -0.2) is 4.79 Å². The van der Waals surface area contributed by atoms with Gasteiger partial charge < -0.3 is 14.2 Å². The zero-order valence-corrected chi connectivity index (χ0v) is 20.8. The van der Waals surface area contributed by atoms with Crippen molar-refractivity contribution in [2.24, 2.45) is 0 Å². The molecule has 0 spiro atoms. The van der Waals surface area contributed by atoms with E-state index in [-0.39, 0.29) is 12.1 Å². The second-order valence-corrected chi connectivity index (χ2v) is 8.72. The van der Waals surface area contributed by atoms with Gasteiger partial charge in [0.1, 0.15) is 11.9 Å². The first-order chi connectivity index (χ1) is 16.1. The number of hydrogen-bond acceptors (Lipinski definition) is 4. The predicted molar refractivity (Wildman–Crippen MR) is 136 cm³/mol. The van der Waals surface area contributed by atoms with Crippen LogP contribution in [0, 0.1) is 0 Å². The summed E-state index contributed by atoms with van der Waals surface area (Å²) in [4.78, 5) is 12.4. The highest BCUT2D eigenvalue weighted by Gasteiger charge is 2.12. The molecule has 0 aliphatic heterocycles. The second kappa shape index (κ2) is 16.3. The Labute approximate surface area is 200 Å². The van der Waals surface area contributed by atoms with Gasteiger partial charge in [0, 0.05) is 6.61 Å². The van der Waals surface area contributed by atoms with Gasteiger partial charge in [0.05, 0.1) is 18.8 Å². The number of hydrogen-bond donors (Lipinski definition) is 0. The molecular weight excluding hydrogens is 412 g/mol. The van der Waals surface area contributed by atoms with Crippen molar-refractivity contribution in [3.63, 3.8) is 0 Å². The first kappa shape index (κ1) is 26.9. The van der Waals surface area contributed by atoms with E-state index in [1.165, 1.54) is 38.5 Å². The summed E-state index contributed by atoms with van der Waals surface area (Å²) < 4.78 is 16.9. The van der Waals surface area contributed by atoms with E-state index in [0.717, 1.165) is 42.7 Å². The van der Waals surface area contributed by atoms with Gasteiger partial charge in [-0.1, -0.05) is 83.1 Å². The number of carbonyl (C=O) groups is 1. The third kappa shape index (κ3) is 10.9. The van der Waals surface area contributed by atoms with Crippen LogP contribution in [-0.4, -0.2) is 31.9 Å². The van der Waals surface area contributed by atoms with E-state index in [1.54, 1.807) is 0 Å². The summed E-state index contributed by atoms with van der Waals surface area (Å²) in [7, 11) is 0. The molecule has 2 rings (SSSR count). The van der Waals surface area contributed by atoms with Crippen LogP contribution in [-0.2, 0) is 9.47 Å². The Hall–Kier alpha value is -2.33. The summed E-state index contributed by atoms with van der Waals surface area (Å²) in [5.41, 5.74) is 2.70. The third-order valence-electron chi connectivity index (χ3n) is 5.63. The Kier molecular flexibility index (Phi) is 13.3. The van der Waals surface area contributed by atoms with Crippen molar-refractivity contribution in [2.45, 2.75) is 84.7 Å². The van der Waals surface area contributed by atoms with E-state index < -0.39 is 0 Å². The Morgan fingerprint density at radius 3 is 1.94 bits per heavy atom. The molecule has 0 saturated heterocycles. The second-order valence-electron chi connectivity index (χ2n) is 8.72. The highest BCUT2D eigenvalue weighted by atomic mass is 16.6. The summed E-state index contributed by atoms with van der Waals surface area (Å²) >= 11 is 0. The molecule has 4 heteroatoms. The Balaban J connectivity index is 1.73. The van der Waals surface area contributed by atoms with Crippen molar-refractivity contribution in [1.29, 1.82) is 0 Å². The molecule has 0 aliphatic carbocycles. The van der Waals surface area contributed by atoms with Crippen LogP contribution in [0.2, 0.25) is 0 Å². The van der Waals surface area contributed by atoms with Crippen LogP contribution in [0.3, 0.4) is 0 Å². The van der Waals surface area contributed by atoms with Crippen LogP contribution >= 0.6 is 0 Å². The van der Waals surface area contributed by atoms with E-state index in [9.17, 15) is 4.79 Å². The van der Waals surface area contributed by atoms with Gasteiger partial charge >= 0.3 is 5.97 Å². The van der Waals surface area contributed by atoms with Crippen LogP contribution in [0.4, 0.5) is 0 Å². The van der Waals surface area contributed by atoms with E-state index in [2.05, 4.69) is 26.0 Å². The van der Waals surface area contributed by atoms with Crippen LogP contribution in [0.15, 0.2) is 48.5 Å². The van der Waals surface area contributed by atoms with Crippen molar-refractivity contribution in [3.05, 3.63) is 54.1 Å². The van der Waals surface area contributed by atoms with Gasteiger partial charge in [0.15, 0.2) is 0 Å². The zero-order chi connectivity index (χ0) is 23.7. The largest absolute Gasteiger partial charge is 0.494 e. The summed E-state index contributed by atoms with van der Waals surface area (Å²) in [6, 6.07) is 15.7. The number of carbonyl (C=O) groups excluding carboxylic acids is 1. The minimum Gasteiger partial charge on any atom is -0.494 e. The first-order valence-electron chi connectivity index (χ1n) is 12.8. The lowest BCUT2D eigenvalue weighted by atomic mass is 10.0. The molecule has 2 aromatic rings. The highest BCUT2D eigenvalue weighted by Crippen LogP contribution is 2.23. The van der Waals surface area contributed by atoms with Crippen molar-refractivity contribution in [1.82, 2.24) is 0 Å². The molecule has 0 heterocycles. The number of rotatable bonds is 17. The lowest BCUT2D eigenvalue weighted by Gasteiger charge is -2.14. The number of esters is 1. The van der Waals surface area contributed by atoms with Crippen molar-refractivity contribution < 1.29 is 19.0 Å². The fourth-order valence-corrected chi connectivity index (χ4v) is 3.57. The Bertz CT molecular complexity index is 767. The topological polar surface area (TPSA) is 44.8 Å². The average Bonchev–Trinajstić information content (AvgIpc) is 2.84. The molecular formula is C29H42O4. The van der Waals surface area contributed by atoms with Crippen LogP contribution < -0.4 is 4.74 Å². The summed E-state index contributed by atoms with van der Waals surface area (Å²) in [5, 5.41) is 0. The molecule has 0 N–H and O–H groups in total. The molecule has 0 aliphatic rings. The van der Waals surface area contributed by atoms with Gasteiger partial charge in [-0.2, -0.15) is 0 Å².